The van der Waals surface area contributed by atoms with Gasteiger partial charge in [-0.2, -0.15) is 0 Å². The molecular weight excluding hydrogens is 269 g/mol. The van der Waals surface area contributed by atoms with Gasteiger partial charge in [0.05, 0.1) is 11.1 Å². The van der Waals surface area contributed by atoms with Crippen molar-refractivity contribution in [2.45, 2.75) is 32.6 Å². The molecule has 0 heterocycles. The fourth-order valence-electron chi connectivity index (χ4n) is 1.89. The standard InChI is InChI=1S/C14H21ClFNO2/c1-4-18-14(19-5-2)12(17-3)9-10-7-6-8-11(15)13(10)16/h6-8,12,14,17H,4-5,9H2,1-3H3. The number of halogens is 2. The Morgan fingerprint density at radius 1 is 1.26 bits per heavy atom. The van der Waals surface area contributed by atoms with Crippen molar-refractivity contribution >= 4 is 11.6 Å². The molecule has 0 bridgehead atoms. The van der Waals surface area contributed by atoms with Gasteiger partial charge in [-0.1, -0.05) is 23.7 Å². The summed E-state index contributed by atoms with van der Waals surface area (Å²) in [5, 5.41) is 3.24. The lowest BCUT2D eigenvalue weighted by Gasteiger charge is -2.26. The van der Waals surface area contributed by atoms with E-state index in [1.165, 1.54) is 6.07 Å². The zero-order chi connectivity index (χ0) is 14.3. The van der Waals surface area contributed by atoms with Gasteiger partial charge in [0, 0.05) is 13.2 Å². The molecule has 0 aliphatic rings. The first-order valence-corrected chi connectivity index (χ1v) is 6.85. The average Bonchev–Trinajstić information content (AvgIpc) is 2.40. The summed E-state index contributed by atoms with van der Waals surface area (Å²) >= 11 is 5.78. The van der Waals surface area contributed by atoms with Crippen molar-refractivity contribution in [2.24, 2.45) is 0 Å². The highest BCUT2D eigenvalue weighted by Crippen LogP contribution is 2.20. The lowest BCUT2D eigenvalue weighted by molar-refractivity contribution is -0.152. The molecule has 1 unspecified atom stereocenters. The van der Waals surface area contributed by atoms with E-state index >= 15 is 0 Å². The Balaban J connectivity index is 2.82. The summed E-state index contributed by atoms with van der Waals surface area (Å²) in [5.41, 5.74) is 0.552. The molecule has 108 valence electrons. The normalized spacial score (nSPS) is 12.9. The summed E-state index contributed by atoms with van der Waals surface area (Å²) in [7, 11) is 1.80. The minimum atomic E-state index is -0.404. The molecule has 5 heteroatoms. The van der Waals surface area contributed by atoms with Crippen molar-refractivity contribution in [3.8, 4) is 0 Å². The van der Waals surface area contributed by atoms with Crippen LogP contribution in [0.2, 0.25) is 5.02 Å². The molecule has 19 heavy (non-hydrogen) atoms. The summed E-state index contributed by atoms with van der Waals surface area (Å²) < 4.78 is 25.0. The quantitative estimate of drug-likeness (QED) is 0.746. The SMILES string of the molecule is CCOC(OCC)C(Cc1cccc(Cl)c1F)NC. The van der Waals surface area contributed by atoms with E-state index in [9.17, 15) is 4.39 Å². The van der Waals surface area contributed by atoms with E-state index < -0.39 is 6.29 Å². The van der Waals surface area contributed by atoms with Gasteiger partial charge >= 0.3 is 0 Å². The van der Waals surface area contributed by atoms with Gasteiger partial charge < -0.3 is 14.8 Å². The second kappa shape index (κ2) is 8.48. The van der Waals surface area contributed by atoms with E-state index in [-0.39, 0.29) is 16.9 Å². The number of likely N-dealkylation sites (N-methyl/N-ethyl adjacent to an activating group) is 1. The lowest BCUT2D eigenvalue weighted by Crippen LogP contribution is -2.43. The Labute approximate surface area is 119 Å². The van der Waals surface area contributed by atoms with Crippen LogP contribution in [0, 0.1) is 5.82 Å². The molecule has 1 N–H and O–H groups in total. The Morgan fingerprint density at radius 3 is 2.42 bits per heavy atom. The fourth-order valence-corrected chi connectivity index (χ4v) is 2.08. The minimum absolute atomic E-state index is 0.132. The highest BCUT2D eigenvalue weighted by atomic mass is 35.5. The van der Waals surface area contributed by atoms with Crippen LogP contribution in [0.3, 0.4) is 0 Å². The first-order valence-electron chi connectivity index (χ1n) is 6.47. The molecule has 1 aromatic carbocycles. The van der Waals surface area contributed by atoms with E-state index in [4.69, 9.17) is 21.1 Å². The number of rotatable bonds is 8. The number of ether oxygens (including phenoxy) is 2. The van der Waals surface area contributed by atoms with Crippen LogP contribution in [0.5, 0.6) is 0 Å². The highest BCUT2D eigenvalue weighted by Gasteiger charge is 2.22. The molecule has 0 aromatic heterocycles. The maximum atomic E-state index is 13.9. The Hall–Kier alpha value is -0.680. The second-order valence-electron chi connectivity index (χ2n) is 4.09. The molecule has 1 rings (SSSR count). The predicted octanol–water partition coefficient (Wildman–Crippen LogP) is 3.01. The van der Waals surface area contributed by atoms with Crippen LogP contribution in [-0.4, -0.2) is 32.6 Å². The molecule has 1 atom stereocenters. The smallest absolute Gasteiger partial charge is 0.172 e. The van der Waals surface area contributed by atoms with E-state index in [1.807, 2.05) is 13.8 Å². The molecule has 0 saturated carbocycles. The van der Waals surface area contributed by atoms with Gasteiger partial charge in [-0.15, -0.1) is 0 Å². The number of nitrogens with one attached hydrogen (secondary N) is 1. The van der Waals surface area contributed by atoms with Crippen LogP contribution in [0.25, 0.3) is 0 Å². The monoisotopic (exact) mass is 289 g/mol. The van der Waals surface area contributed by atoms with Gasteiger partial charge in [-0.3, -0.25) is 0 Å². The van der Waals surface area contributed by atoms with Crippen molar-refractivity contribution < 1.29 is 13.9 Å². The maximum Gasteiger partial charge on any atom is 0.172 e. The minimum Gasteiger partial charge on any atom is -0.351 e. The van der Waals surface area contributed by atoms with Crippen LogP contribution in [0.1, 0.15) is 19.4 Å². The molecule has 3 nitrogen and oxygen atoms in total. The third-order valence-corrected chi connectivity index (χ3v) is 3.12. The van der Waals surface area contributed by atoms with Crippen LogP contribution >= 0.6 is 11.6 Å². The molecule has 0 aliphatic heterocycles. The van der Waals surface area contributed by atoms with E-state index in [1.54, 1.807) is 19.2 Å². The van der Waals surface area contributed by atoms with Crippen LogP contribution in [0.15, 0.2) is 18.2 Å². The van der Waals surface area contributed by atoms with Crippen molar-refractivity contribution in [1.82, 2.24) is 5.32 Å². The summed E-state index contributed by atoms with van der Waals surface area (Å²) in [6.45, 7) is 4.89. The molecule has 0 radical (unpaired) electrons. The molecule has 0 saturated heterocycles. The van der Waals surface area contributed by atoms with Crippen molar-refractivity contribution in [3.05, 3.63) is 34.6 Å². The van der Waals surface area contributed by atoms with Crippen LogP contribution in [0.4, 0.5) is 4.39 Å². The van der Waals surface area contributed by atoms with Crippen molar-refractivity contribution in [1.29, 1.82) is 0 Å². The largest absolute Gasteiger partial charge is 0.351 e. The fraction of sp³-hybridized carbons (Fsp3) is 0.571. The lowest BCUT2D eigenvalue weighted by atomic mass is 10.0. The van der Waals surface area contributed by atoms with Gasteiger partial charge in [-0.05, 0) is 38.9 Å². The zero-order valence-corrected chi connectivity index (χ0v) is 12.3. The average molecular weight is 290 g/mol. The van der Waals surface area contributed by atoms with Crippen molar-refractivity contribution in [2.75, 3.05) is 20.3 Å². The third kappa shape index (κ3) is 4.73. The summed E-state index contributed by atoms with van der Waals surface area (Å²) in [6.07, 6.45) is 0.0477. The Kier molecular flexibility index (Phi) is 7.31. The van der Waals surface area contributed by atoms with Crippen LogP contribution in [-0.2, 0) is 15.9 Å². The predicted molar refractivity (Wildman–Crippen MR) is 75.0 cm³/mol. The molecule has 0 aliphatic carbocycles. The number of benzene rings is 1. The van der Waals surface area contributed by atoms with E-state index in [2.05, 4.69) is 5.32 Å². The van der Waals surface area contributed by atoms with Crippen molar-refractivity contribution in [3.63, 3.8) is 0 Å². The summed E-state index contributed by atoms with van der Waals surface area (Å²) in [6, 6.07) is 4.87. The van der Waals surface area contributed by atoms with Gasteiger partial charge in [0.1, 0.15) is 5.82 Å². The summed E-state index contributed by atoms with van der Waals surface area (Å²) in [4.78, 5) is 0. The second-order valence-corrected chi connectivity index (χ2v) is 4.50. The molecule has 0 amide bonds. The Bertz CT molecular complexity index is 384. The molecule has 0 spiro atoms. The highest BCUT2D eigenvalue weighted by molar-refractivity contribution is 6.30. The number of hydrogen-bond donors (Lipinski definition) is 1. The van der Waals surface area contributed by atoms with E-state index in [0.29, 0.717) is 25.2 Å². The maximum absolute atomic E-state index is 13.9. The van der Waals surface area contributed by atoms with Gasteiger partial charge in [0.25, 0.3) is 0 Å². The third-order valence-electron chi connectivity index (χ3n) is 2.83. The number of hydrogen-bond acceptors (Lipinski definition) is 3. The van der Waals surface area contributed by atoms with Crippen LogP contribution < -0.4 is 5.32 Å². The van der Waals surface area contributed by atoms with E-state index in [0.717, 1.165) is 0 Å². The first kappa shape index (κ1) is 16.4. The van der Waals surface area contributed by atoms with Gasteiger partial charge in [-0.25, -0.2) is 4.39 Å². The first-order chi connectivity index (χ1) is 9.13. The topological polar surface area (TPSA) is 30.5 Å². The zero-order valence-electron chi connectivity index (χ0n) is 11.6. The summed E-state index contributed by atoms with van der Waals surface area (Å²) in [5.74, 6) is -0.379. The molecular formula is C14H21ClFNO2. The van der Waals surface area contributed by atoms with Gasteiger partial charge in [0.2, 0.25) is 0 Å². The Morgan fingerprint density at radius 2 is 1.89 bits per heavy atom. The molecule has 1 aromatic rings. The molecule has 0 fully saturated rings. The van der Waals surface area contributed by atoms with Gasteiger partial charge in [0.15, 0.2) is 6.29 Å².